The number of hydrogen-bond donors (Lipinski definition) is 2. The van der Waals surface area contributed by atoms with Gasteiger partial charge in [-0.1, -0.05) is 61.8 Å². The Morgan fingerprint density at radius 3 is 2.38 bits per heavy atom. The number of nitrogens with one attached hydrogen (secondary N) is 1. The van der Waals surface area contributed by atoms with Gasteiger partial charge in [-0.2, -0.15) is 0 Å². The van der Waals surface area contributed by atoms with Gasteiger partial charge in [-0.15, -0.1) is 0 Å². The van der Waals surface area contributed by atoms with Crippen molar-refractivity contribution in [3.63, 3.8) is 0 Å². The summed E-state index contributed by atoms with van der Waals surface area (Å²) in [4.78, 5) is 12.5. The van der Waals surface area contributed by atoms with Crippen LogP contribution in [0.2, 0.25) is 5.02 Å². The van der Waals surface area contributed by atoms with E-state index >= 15 is 0 Å². The summed E-state index contributed by atoms with van der Waals surface area (Å²) < 4.78 is 5.35. The highest BCUT2D eigenvalue weighted by atomic mass is 35.5. The van der Waals surface area contributed by atoms with Crippen LogP contribution in [-0.2, 0) is 5.41 Å². The van der Waals surface area contributed by atoms with Crippen LogP contribution in [-0.4, -0.2) is 28.3 Å². The summed E-state index contributed by atoms with van der Waals surface area (Å²) in [6.07, 6.45) is 2.64. The fourth-order valence-corrected chi connectivity index (χ4v) is 3.46. The maximum absolute atomic E-state index is 12.5. The van der Waals surface area contributed by atoms with Gasteiger partial charge in [0, 0.05) is 11.6 Å². The summed E-state index contributed by atoms with van der Waals surface area (Å²) in [6, 6.07) is 7.95. The van der Waals surface area contributed by atoms with Crippen molar-refractivity contribution in [3.8, 4) is 11.3 Å². The lowest BCUT2D eigenvalue weighted by molar-refractivity contribution is 0.0860. The molecule has 0 bridgehead atoms. The number of nitrogens with zero attached hydrogens (tertiary/aromatic N) is 1. The lowest BCUT2D eigenvalue weighted by Crippen LogP contribution is -2.38. The smallest absolute Gasteiger partial charge is 0.275 e. The second-order valence-corrected chi connectivity index (χ2v) is 8.36. The molecule has 0 spiro atoms. The quantitative estimate of drug-likeness (QED) is 0.836. The van der Waals surface area contributed by atoms with E-state index in [-0.39, 0.29) is 34.2 Å². The molecular weight excluding hydrogens is 352 g/mol. The standard InChI is InChI=1S/C20H25ClN2O3/c1-20(2,3)13-6-4-12(5-7-13)18-16(21)17(23-26-18)19(25)22-14-8-10-15(24)11-9-14/h4-7,14-15,24H,8-11H2,1-3H3,(H,22,25)/t14-,15+. The number of halogens is 1. The third-order valence-electron chi connectivity index (χ3n) is 4.90. The molecule has 1 fully saturated rings. The monoisotopic (exact) mass is 376 g/mol. The molecule has 5 nitrogen and oxygen atoms in total. The summed E-state index contributed by atoms with van der Waals surface area (Å²) in [5.41, 5.74) is 2.15. The molecule has 1 amide bonds. The second-order valence-electron chi connectivity index (χ2n) is 7.98. The highest BCUT2D eigenvalue weighted by molar-refractivity contribution is 6.35. The molecule has 1 heterocycles. The van der Waals surface area contributed by atoms with Crippen molar-refractivity contribution in [3.05, 3.63) is 40.5 Å². The van der Waals surface area contributed by atoms with E-state index < -0.39 is 0 Å². The summed E-state index contributed by atoms with van der Waals surface area (Å²) >= 11 is 6.37. The molecule has 0 aliphatic heterocycles. The van der Waals surface area contributed by atoms with Gasteiger partial charge >= 0.3 is 0 Å². The molecule has 1 saturated carbocycles. The molecule has 1 aromatic heterocycles. The van der Waals surface area contributed by atoms with Crippen molar-refractivity contribution in [1.29, 1.82) is 0 Å². The number of aliphatic hydroxyl groups excluding tert-OH is 1. The first-order valence-corrected chi connectivity index (χ1v) is 9.38. The van der Waals surface area contributed by atoms with Gasteiger partial charge in [-0.05, 0) is 36.7 Å². The zero-order valence-corrected chi connectivity index (χ0v) is 16.1. The number of hydrogen-bond acceptors (Lipinski definition) is 4. The zero-order chi connectivity index (χ0) is 18.9. The Labute approximate surface area is 158 Å². The highest BCUT2D eigenvalue weighted by Crippen LogP contribution is 2.32. The van der Waals surface area contributed by atoms with Crippen molar-refractivity contribution in [2.75, 3.05) is 0 Å². The van der Waals surface area contributed by atoms with Crippen LogP contribution in [0.25, 0.3) is 11.3 Å². The fourth-order valence-electron chi connectivity index (χ4n) is 3.20. The van der Waals surface area contributed by atoms with E-state index in [9.17, 15) is 9.90 Å². The molecule has 6 heteroatoms. The van der Waals surface area contributed by atoms with E-state index in [2.05, 4.69) is 31.2 Å². The molecule has 26 heavy (non-hydrogen) atoms. The van der Waals surface area contributed by atoms with Gasteiger partial charge in [-0.3, -0.25) is 4.79 Å². The SMILES string of the molecule is CC(C)(C)c1ccc(-c2onc(C(=O)N[C@H]3CC[C@@H](O)CC3)c2Cl)cc1. The molecule has 0 radical (unpaired) electrons. The molecule has 3 rings (SSSR count). The first-order valence-electron chi connectivity index (χ1n) is 9.00. The van der Waals surface area contributed by atoms with Crippen LogP contribution < -0.4 is 5.32 Å². The molecule has 1 aliphatic rings. The molecule has 140 valence electrons. The molecule has 2 aromatic rings. The largest absolute Gasteiger partial charge is 0.393 e. The summed E-state index contributed by atoms with van der Waals surface area (Å²) in [5.74, 6) is 0.0639. The summed E-state index contributed by atoms with van der Waals surface area (Å²) in [7, 11) is 0. The van der Waals surface area contributed by atoms with E-state index in [4.69, 9.17) is 16.1 Å². The zero-order valence-electron chi connectivity index (χ0n) is 15.4. The molecule has 0 saturated heterocycles. The average Bonchev–Trinajstić information content (AvgIpc) is 2.98. The topological polar surface area (TPSA) is 75.4 Å². The van der Waals surface area contributed by atoms with Gasteiger partial charge in [-0.25, -0.2) is 0 Å². The van der Waals surface area contributed by atoms with Crippen molar-refractivity contribution >= 4 is 17.5 Å². The first kappa shape index (κ1) is 18.9. The number of amides is 1. The Hall–Kier alpha value is -1.85. The fraction of sp³-hybridized carbons (Fsp3) is 0.500. The van der Waals surface area contributed by atoms with Gasteiger partial charge in [0.1, 0.15) is 5.02 Å². The Kier molecular flexibility index (Phi) is 5.39. The minimum atomic E-state index is -0.335. The van der Waals surface area contributed by atoms with Crippen molar-refractivity contribution < 1.29 is 14.4 Å². The van der Waals surface area contributed by atoms with Crippen molar-refractivity contribution in [2.24, 2.45) is 0 Å². The molecule has 1 aliphatic carbocycles. The van der Waals surface area contributed by atoms with Gasteiger partial charge in [0.2, 0.25) is 0 Å². The lowest BCUT2D eigenvalue weighted by Gasteiger charge is -2.25. The lowest BCUT2D eigenvalue weighted by atomic mass is 9.86. The Morgan fingerprint density at radius 2 is 1.81 bits per heavy atom. The van der Waals surface area contributed by atoms with Gasteiger partial charge in [0.25, 0.3) is 5.91 Å². The maximum atomic E-state index is 12.5. The second kappa shape index (κ2) is 7.41. The number of aromatic nitrogens is 1. The van der Waals surface area contributed by atoms with Crippen LogP contribution >= 0.6 is 11.6 Å². The van der Waals surface area contributed by atoms with Crippen molar-refractivity contribution in [2.45, 2.75) is 64.0 Å². The van der Waals surface area contributed by atoms with Crippen LogP contribution in [0, 0.1) is 0 Å². The van der Waals surface area contributed by atoms with Crippen LogP contribution in [0.4, 0.5) is 0 Å². The maximum Gasteiger partial charge on any atom is 0.275 e. The molecule has 0 unspecified atom stereocenters. The number of carbonyl (C=O) groups excluding carboxylic acids is 1. The number of aliphatic hydroxyl groups is 1. The minimum absolute atomic E-state index is 0.0354. The Morgan fingerprint density at radius 1 is 1.19 bits per heavy atom. The van der Waals surface area contributed by atoms with E-state index in [1.807, 2.05) is 24.3 Å². The highest BCUT2D eigenvalue weighted by Gasteiger charge is 2.26. The van der Waals surface area contributed by atoms with Crippen molar-refractivity contribution in [1.82, 2.24) is 10.5 Å². The van der Waals surface area contributed by atoms with Crippen LogP contribution in [0.3, 0.4) is 0 Å². The normalized spacial score (nSPS) is 20.8. The predicted molar refractivity (Wildman–Crippen MR) is 101 cm³/mol. The van der Waals surface area contributed by atoms with E-state index in [1.54, 1.807) is 0 Å². The van der Waals surface area contributed by atoms with E-state index in [1.165, 1.54) is 5.56 Å². The molecule has 0 atom stereocenters. The van der Waals surface area contributed by atoms with Gasteiger partial charge < -0.3 is 14.9 Å². The number of rotatable bonds is 3. The van der Waals surface area contributed by atoms with Gasteiger partial charge in [0.05, 0.1) is 6.10 Å². The molecular formula is C20H25ClN2O3. The number of benzene rings is 1. The van der Waals surface area contributed by atoms with E-state index in [0.717, 1.165) is 18.4 Å². The summed E-state index contributed by atoms with van der Waals surface area (Å²) in [6.45, 7) is 6.45. The molecule has 1 aromatic carbocycles. The average molecular weight is 377 g/mol. The minimum Gasteiger partial charge on any atom is -0.393 e. The Bertz CT molecular complexity index is 769. The van der Waals surface area contributed by atoms with Crippen LogP contribution in [0.15, 0.2) is 28.8 Å². The van der Waals surface area contributed by atoms with Crippen LogP contribution in [0.5, 0.6) is 0 Å². The third-order valence-corrected chi connectivity index (χ3v) is 5.25. The third kappa shape index (κ3) is 4.10. The van der Waals surface area contributed by atoms with E-state index in [0.29, 0.717) is 18.6 Å². The van der Waals surface area contributed by atoms with Gasteiger partial charge in [0.15, 0.2) is 11.5 Å². The Balaban J connectivity index is 1.74. The first-order chi connectivity index (χ1) is 12.3. The molecule has 2 N–H and O–H groups in total. The predicted octanol–water partition coefficient (Wildman–Crippen LogP) is 4.33. The van der Waals surface area contributed by atoms with Crippen LogP contribution in [0.1, 0.15) is 62.5 Å². The number of carbonyl (C=O) groups is 1. The summed E-state index contributed by atoms with van der Waals surface area (Å²) in [5, 5.41) is 16.6.